The Morgan fingerprint density at radius 2 is 1.81 bits per heavy atom. The lowest BCUT2D eigenvalue weighted by Crippen LogP contribution is -2.30. The average molecular weight is 390 g/mol. The minimum Gasteiger partial charge on any atom is -0.495 e. The van der Waals surface area contributed by atoms with Gasteiger partial charge in [0, 0.05) is 4.90 Å². The van der Waals surface area contributed by atoms with E-state index < -0.39 is 0 Å². The molecule has 0 saturated heterocycles. The van der Waals surface area contributed by atoms with Crippen molar-refractivity contribution in [1.29, 1.82) is 0 Å². The highest BCUT2D eigenvalue weighted by Crippen LogP contribution is 2.38. The third-order valence-corrected chi connectivity index (χ3v) is 5.61. The van der Waals surface area contributed by atoms with E-state index in [1.165, 1.54) is 28.7 Å². The zero-order valence-electron chi connectivity index (χ0n) is 14.7. The topological polar surface area (TPSA) is 72.5 Å². The van der Waals surface area contributed by atoms with Crippen LogP contribution in [0.5, 0.6) is 11.5 Å². The summed E-state index contributed by atoms with van der Waals surface area (Å²) in [5.41, 5.74) is 7.43. The number of amides is 1. The number of thiazole rings is 1. The van der Waals surface area contributed by atoms with Gasteiger partial charge < -0.3 is 9.47 Å². The first kappa shape index (κ1) is 18.3. The standard InChI is InChI=1S/C18H19N3O3S2/c1-11-4-6-12(7-5-11)25-10-15(22)20-21-18-19-16-13(23-2)8-9-14(24-3)17(16)26-18/h4-9H,10H2,1-3H3,(H,19,21)(H,20,22). The lowest BCUT2D eigenvalue weighted by atomic mass is 10.2. The molecule has 0 aliphatic carbocycles. The molecule has 2 N–H and O–H groups in total. The Kier molecular flexibility index (Phi) is 5.85. The number of carbonyl (C=O) groups is 1. The molecule has 0 bridgehead atoms. The van der Waals surface area contributed by atoms with Crippen molar-refractivity contribution in [2.24, 2.45) is 0 Å². The number of carbonyl (C=O) groups excluding carboxylic acids is 1. The number of anilines is 1. The number of nitrogens with zero attached hydrogens (tertiary/aromatic N) is 1. The highest BCUT2D eigenvalue weighted by Gasteiger charge is 2.14. The second-order valence-electron chi connectivity index (χ2n) is 5.44. The minimum atomic E-state index is -0.131. The van der Waals surface area contributed by atoms with Gasteiger partial charge in [-0.25, -0.2) is 4.98 Å². The molecule has 0 spiro atoms. The molecule has 0 atom stereocenters. The van der Waals surface area contributed by atoms with Crippen molar-refractivity contribution in [3.8, 4) is 11.5 Å². The van der Waals surface area contributed by atoms with Gasteiger partial charge in [-0.15, -0.1) is 11.8 Å². The summed E-state index contributed by atoms with van der Waals surface area (Å²) in [5, 5.41) is 0.566. The molecule has 1 heterocycles. The number of hydrogen-bond acceptors (Lipinski definition) is 7. The van der Waals surface area contributed by atoms with Gasteiger partial charge >= 0.3 is 0 Å². The van der Waals surface area contributed by atoms with E-state index in [2.05, 4.69) is 15.8 Å². The van der Waals surface area contributed by atoms with E-state index in [1.807, 2.05) is 43.3 Å². The quantitative estimate of drug-likeness (QED) is 0.472. The molecular weight excluding hydrogens is 370 g/mol. The van der Waals surface area contributed by atoms with Crippen molar-refractivity contribution in [2.45, 2.75) is 11.8 Å². The summed E-state index contributed by atoms with van der Waals surface area (Å²) < 4.78 is 11.5. The summed E-state index contributed by atoms with van der Waals surface area (Å²) in [4.78, 5) is 17.6. The zero-order chi connectivity index (χ0) is 18.5. The van der Waals surface area contributed by atoms with E-state index in [1.54, 1.807) is 14.2 Å². The van der Waals surface area contributed by atoms with Crippen LogP contribution < -0.4 is 20.3 Å². The average Bonchev–Trinajstić information content (AvgIpc) is 3.09. The minimum absolute atomic E-state index is 0.131. The molecule has 0 radical (unpaired) electrons. The van der Waals surface area contributed by atoms with Crippen molar-refractivity contribution in [1.82, 2.24) is 10.4 Å². The second kappa shape index (κ2) is 8.29. The van der Waals surface area contributed by atoms with Gasteiger partial charge in [0.25, 0.3) is 0 Å². The Balaban J connectivity index is 1.62. The van der Waals surface area contributed by atoms with Crippen LogP contribution in [0, 0.1) is 6.92 Å². The van der Waals surface area contributed by atoms with E-state index >= 15 is 0 Å². The van der Waals surface area contributed by atoms with Gasteiger partial charge in [0.05, 0.1) is 20.0 Å². The van der Waals surface area contributed by atoms with Gasteiger partial charge in [-0.3, -0.25) is 15.6 Å². The zero-order valence-corrected chi connectivity index (χ0v) is 16.3. The molecule has 0 aliphatic rings. The molecule has 3 rings (SSSR count). The molecule has 0 fully saturated rings. The van der Waals surface area contributed by atoms with Gasteiger partial charge in [0.2, 0.25) is 11.0 Å². The summed E-state index contributed by atoms with van der Waals surface area (Å²) >= 11 is 2.87. The Labute approximate surface area is 159 Å². The summed E-state index contributed by atoms with van der Waals surface area (Å²) in [5.74, 6) is 1.56. The van der Waals surface area contributed by atoms with Crippen LogP contribution in [-0.4, -0.2) is 30.9 Å². The number of hydrogen-bond donors (Lipinski definition) is 2. The van der Waals surface area contributed by atoms with Gasteiger partial charge in [0.1, 0.15) is 21.7 Å². The summed E-state index contributed by atoms with van der Waals surface area (Å²) in [6.07, 6.45) is 0. The molecule has 136 valence electrons. The number of fused-ring (bicyclic) bond motifs is 1. The van der Waals surface area contributed by atoms with E-state index in [-0.39, 0.29) is 5.91 Å². The van der Waals surface area contributed by atoms with E-state index in [4.69, 9.17) is 9.47 Å². The van der Waals surface area contributed by atoms with Gasteiger partial charge in [-0.1, -0.05) is 29.0 Å². The molecule has 0 aliphatic heterocycles. The third-order valence-electron chi connectivity index (χ3n) is 3.61. The Morgan fingerprint density at radius 1 is 1.12 bits per heavy atom. The van der Waals surface area contributed by atoms with E-state index in [0.29, 0.717) is 27.9 Å². The van der Waals surface area contributed by atoms with Crippen LogP contribution in [0.1, 0.15) is 5.56 Å². The van der Waals surface area contributed by atoms with E-state index in [0.717, 1.165) is 9.60 Å². The normalized spacial score (nSPS) is 10.6. The van der Waals surface area contributed by atoms with Gasteiger partial charge in [0.15, 0.2) is 0 Å². The van der Waals surface area contributed by atoms with Crippen LogP contribution in [-0.2, 0) is 4.79 Å². The lowest BCUT2D eigenvalue weighted by Gasteiger charge is -2.05. The van der Waals surface area contributed by atoms with Crippen LogP contribution in [0.25, 0.3) is 10.2 Å². The molecule has 3 aromatic rings. The second-order valence-corrected chi connectivity index (χ2v) is 7.49. The Hall–Kier alpha value is -2.45. The fraction of sp³-hybridized carbons (Fsp3) is 0.222. The monoisotopic (exact) mass is 389 g/mol. The molecule has 0 unspecified atom stereocenters. The van der Waals surface area contributed by atoms with Crippen molar-refractivity contribution < 1.29 is 14.3 Å². The predicted octanol–water partition coefficient (Wildman–Crippen LogP) is 3.86. The molecule has 1 amide bonds. The number of thioether (sulfide) groups is 1. The number of aromatic nitrogens is 1. The number of rotatable bonds is 7. The first-order chi connectivity index (χ1) is 12.6. The van der Waals surface area contributed by atoms with Crippen LogP contribution in [0.2, 0.25) is 0 Å². The lowest BCUT2D eigenvalue weighted by molar-refractivity contribution is -0.118. The van der Waals surface area contributed by atoms with E-state index in [9.17, 15) is 4.79 Å². The molecule has 26 heavy (non-hydrogen) atoms. The SMILES string of the molecule is COc1ccc(OC)c2sc(NNC(=O)CSc3ccc(C)cc3)nc12. The maximum absolute atomic E-state index is 12.1. The molecule has 1 aromatic heterocycles. The number of hydrazine groups is 1. The highest BCUT2D eigenvalue weighted by molar-refractivity contribution is 8.00. The number of ether oxygens (including phenoxy) is 2. The fourth-order valence-electron chi connectivity index (χ4n) is 2.28. The maximum atomic E-state index is 12.1. The predicted molar refractivity (Wildman–Crippen MR) is 106 cm³/mol. The van der Waals surface area contributed by atoms with Crippen LogP contribution in [0.15, 0.2) is 41.3 Å². The number of benzene rings is 2. The maximum Gasteiger partial charge on any atom is 0.248 e. The van der Waals surface area contributed by atoms with Crippen molar-refractivity contribution in [3.63, 3.8) is 0 Å². The summed E-state index contributed by atoms with van der Waals surface area (Å²) in [6.45, 7) is 2.03. The Morgan fingerprint density at radius 3 is 2.50 bits per heavy atom. The molecule has 8 heteroatoms. The molecular formula is C18H19N3O3S2. The number of nitrogens with one attached hydrogen (secondary N) is 2. The Bertz CT molecular complexity index is 869. The molecule has 0 saturated carbocycles. The van der Waals surface area contributed by atoms with Crippen molar-refractivity contribution in [2.75, 3.05) is 25.4 Å². The number of aryl methyl sites for hydroxylation is 1. The molecule has 6 nitrogen and oxygen atoms in total. The van der Waals surface area contributed by atoms with Crippen molar-refractivity contribution >= 4 is 44.4 Å². The first-order valence-electron chi connectivity index (χ1n) is 7.86. The van der Waals surface area contributed by atoms with Crippen molar-refractivity contribution in [3.05, 3.63) is 42.0 Å². The highest BCUT2D eigenvalue weighted by atomic mass is 32.2. The largest absolute Gasteiger partial charge is 0.495 e. The summed E-state index contributed by atoms with van der Waals surface area (Å²) in [7, 11) is 3.20. The van der Waals surface area contributed by atoms with Gasteiger partial charge in [-0.2, -0.15) is 0 Å². The van der Waals surface area contributed by atoms with Crippen LogP contribution in [0.3, 0.4) is 0 Å². The summed E-state index contributed by atoms with van der Waals surface area (Å²) in [6, 6.07) is 11.7. The van der Waals surface area contributed by atoms with Crippen LogP contribution in [0.4, 0.5) is 5.13 Å². The first-order valence-corrected chi connectivity index (χ1v) is 9.66. The fourth-order valence-corrected chi connectivity index (χ4v) is 3.91. The number of methoxy groups -OCH3 is 2. The van der Waals surface area contributed by atoms with Gasteiger partial charge in [-0.05, 0) is 31.2 Å². The smallest absolute Gasteiger partial charge is 0.248 e. The van der Waals surface area contributed by atoms with Crippen LogP contribution >= 0.6 is 23.1 Å². The molecule has 2 aromatic carbocycles. The third kappa shape index (κ3) is 4.20.